The van der Waals surface area contributed by atoms with Crippen LogP contribution in [0.3, 0.4) is 0 Å². The minimum absolute atomic E-state index is 0.138. The zero-order chi connectivity index (χ0) is 28.2. The van der Waals surface area contributed by atoms with E-state index in [4.69, 9.17) is 10.5 Å². The van der Waals surface area contributed by atoms with Gasteiger partial charge in [-0.1, -0.05) is 43.3 Å². The maximum Gasteiger partial charge on any atom is 0.274 e. The van der Waals surface area contributed by atoms with Crippen molar-refractivity contribution in [3.8, 4) is 16.9 Å². The summed E-state index contributed by atoms with van der Waals surface area (Å²) in [4.78, 5) is 24.8. The van der Waals surface area contributed by atoms with Gasteiger partial charge >= 0.3 is 0 Å². The van der Waals surface area contributed by atoms with Crippen LogP contribution < -0.4 is 15.4 Å². The molecule has 8 nitrogen and oxygen atoms in total. The van der Waals surface area contributed by atoms with E-state index in [2.05, 4.69) is 39.3 Å². The molecule has 3 heterocycles. The molecule has 0 aliphatic rings. The van der Waals surface area contributed by atoms with Crippen molar-refractivity contribution in [2.75, 3.05) is 51.0 Å². The number of para-hydroxylation sites is 1. The molecular weight excluding hydrogens is 522 g/mol. The fourth-order valence-corrected chi connectivity index (χ4v) is 5.95. The van der Waals surface area contributed by atoms with Crippen LogP contribution in [0.5, 0.6) is 5.75 Å². The minimum atomic E-state index is -0.159. The molecule has 0 aliphatic carbocycles. The molecule has 0 spiro atoms. The lowest BCUT2D eigenvalue weighted by atomic mass is 10.0. The van der Waals surface area contributed by atoms with Crippen LogP contribution in [-0.2, 0) is 0 Å². The molecule has 5 aromatic rings. The number of benzene rings is 2. The molecule has 0 unspecified atom stereocenters. The number of aromatic amines is 1. The number of hydrogen-bond donors (Lipinski definition) is 3. The largest absolute Gasteiger partial charge is 0.495 e. The third kappa shape index (κ3) is 5.31. The zero-order valence-electron chi connectivity index (χ0n) is 22.8. The van der Waals surface area contributed by atoms with Gasteiger partial charge in [0, 0.05) is 58.5 Å². The van der Waals surface area contributed by atoms with Crippen molar-refractivity contribution in [1.82, 2.24) is 14.9 Å². The SMILES string of the molecule is CCN(CC=Cc1cnc(N)c2c(-c3ccc(N(C)C(=O)c4cc5ccccc5[nH]4)c(OC)c3)csc12)CCO. The third-order valence-electron chi connectivity index (χ3n) is 7.09. The van der Waals surface area contributed by atoms with E-state index in [9.17, 15) is 9.90 Å². The van der Waals surface area contributed by atoms with E-state index in [-0.39, 0.29) is 12.5 Å². The van der Waals surface area contributed by atoms with E-state index < -0.39 is 0 Å². The third-order valence-corrected chi connectivity index (χ3v) is 8.12. The van der Waals surface area contributed by atoms with Gasteiger partial charge in [0.25, 0.3) is 5.91 Å². The van der Waals surface area contributed by atoms with E-state index in [1.165, 1.54) is 0 Å². The van der Waals surface area contributed by atoms with E-state index in [0.717, 1.165) is 50.8 Å². The van der Waals surface area contributed by atoms with Gasteiger partial charge in [-0.25, -0.2) is 4.98 Å². The number of nitrogens with two attached hydrogens (primary N) is 1. The van der Waals surface area contributed by atoms with Crippen LogP contribution in [0.25, 0.3) is 38.2 Å². The van der Waals surface area contributed by atoms with Gasteiger partial charge in [-0.3, -0.25) is 9.69 Å². The fourth-order valence-electron chi connectivity index (χ4n) is 4.87. The van der Waals surface area contributed by atoms with Crippen LogP contribution in [0.4, 0.5) is 11.5 Å². The molecule has 0 saturated heterocycles. The zero-order valence-corrected chi connectivity index (χ0v) is 23.7. The Balaban J connectivity index is 1.45. The number of carbonyl (C=O) groups excluding carboxylic acids is 1. The van der Waals surface area contributed by atoms with Crippen LogP contribution >= 0.6 is 11.3 Å². The number of aliphatic hydroxyl groups is 1. The predicted molar refractivity (Wildman–Crippen MR) is 165 cm³/mol. The van der Waals surface area contributed by atoms with Gasteiger partial charge in [-0.05, 0) is 41.8 Å². The second-order valence-corrected chi connectivity index (χ2v) is 10.4. The number of nitrogens with one attached hydrogen (secondary N) is 1. The Labute approximate surface area is 237 Å². The van der Waals surface area contributed by atoms with E-state index in [1.54, 1.807) is 36.6 Å². The van der Waals surface area contributed by atoms with Crippen molar-refractivity contribution in [2.45, 2.75) is 6.92 Å². The molecule has 3 aromatic heterocycles. The summed E-state index contributed by atoms with van der Waals surface area (Å²) in [5, 5.41) is 13.2. The number of rotatable bonds is 10. The first kappa shape index (κ1) is 27.4. The van der Waals surface area contributed by atoms with Gasteiger partial charge in [0.05, 0.1) is 19.4 Å². The molecule has 0 atom stereocenters. The lowest BCUT2D eigenvalue weighted by molar-refractivity contribution is 0.0988. The number of H-pyrrole nitrogens is 1. The maximum atomic E-state index is 13.3. The van der Waals surface area contributed by atoms with E-state index in [0.29, 0.717) is 29.5 Å². The van der Waals surface area contributed by atoms with Crippen molar-refractivity contribution in [1.29, 1.82) is 0 Å². The molecule has 0 saturated carbocycles. The smallest absolute Gasteiger partial charge is 0.274 e. The number of likely N-dealkylation sites (N-methyl/N-ethyl adjacent to an activating group) is 1. The highest BCUT2D eigenvalue weighted by molar-refractivity contribution is 7.18. The maximum absolute atomic E-state index is 13.3. The number of methoxy groups -OCH3 is 1. The summed E-state index contributed by atoms with van der Waals surface area (Å²) in [7, 11) is 3.34. The highest BCUT2D eigenvalue weighted by atomic mass is 32.1. The van der Waals surface area contributed by atoms with Crippen molar-refractivity contribution in [3.63, 3.8) is 0 Å². The number of anilines is 2. The van der Waals surface area contributed by atoms with Gasteiger partial charge < -0.3 is 25.5 Å². The summed E-state index contributed by atoms with van der Waals surface area (Å²) >= 11 is 1.62. The summed E-state index contributed by atoms with van der Waals surface area (Å²) in [5.74, 6) is 0.886. The van der Waals surface area contributed by atoms with Crippen molar-refractivity contribution in [3.05, 3.63) is 77.4 Å². The summed E-state index contributed by atoms with van der Waals surface area (Å²) in [6.45, 7) is 4.46. The van der Waals surface area contributed by atoms with Crippen LogP contribution in [-0.4, -0.2) is 66.3 Å². The van der Waals surface area contributed by atoms with Gasteiger partial charge in [-0.2, -0.15) is 0 Å². The average Bonchev–Trinajstić information content (AvgIpc) is 3.62. The van der Waals surface area contributed by atoms with Gasteiger partial charge in [0.2, 0.25) is 0 Å². The Morgan fingerprint density at radius 1 is 1.23 bits per heavy atom. The molecule has 0 aliphatic heterocycles. The number of nitrogen functional groups attached to an aromatic ring is 1. The number of carbonyl (C=O) groups is 1. The fraction of sp³-hybridized carbons (Fsp3) is 0.226. The van der Waals surface area contributed by atoms with Crippen LogP contribution in [0, 0.1) is 0 Å². The standard InChI is InChI=1S/C31H33N5O3S/c1-4-36(14-15-37)13-7-9-22-18-33-30(32)28-23(19-40-29(22)28)20-11-12-26(27(17-20)39-3)35(2)31(38)25-16-21-8-5-6-10-24(21)34-25/h5-12,16-19,34,37H,4,13-15H2,1-3H3,(H2,32,33). The first-order chi connectivity index (χ1) is 19.4. The van der Waals surface area contributed by atoms with Crippen molar-refractivity contribution >= 4 is 55.8 Å². The Morgan fingerprint density at radius 3 is 2.80 bits per heavy atom. The molecular formula is C31H33N5O3S. The molecule has 1 amide bonds. The molecule has 0 bridgehead atoms. The lowest BCUT2D eigenvalue weighted by Gasteiger charge is -2.20. The summed E-state index contributed by atoms with van der Waals surface area (Å²) < 4.78 is 6.79. The number of ether oxygens (including phenoxy) is 1. The Kier molecular flexibility index (Phi) is 8.16. The molecule has 206 valence electrons. The molecule has 0 radical (unpaired) electrons. The number of pyridine rings is 1. The Morgan fingerprint density at radius 2 is 2.05 bits per heavy atom. The van der Waals surface area contributed by atoms with Gasteiger partial charge in [-0.15, -0.1) is 11.3 Å². The molecule has 0 fully saturated rings. The summed E-state index contributed by atoms with van der Waals surface area (Å²) in [6, 6.07) is 15.5. The second kappa shape index (κ2) is 11.9. The number of aromatic nitrogens is 2. The first-order valence-corrected chi connectivity index (χ1v) is 14.0. The van der Waals surface area contributed by atoms with E-state index in [1.807, 2.05) is 48.5 Å². The van der Waals surface area contributed by atoms with Crippen LogP contribution in [0.1, 0.15) is 23.0 Å². The molecule has 40 heavy (non-hydrogen) atoms. The normalized spacial score (nSPS) is 11.7. The van der Waals surface area contributed by atoms with Crippen LogP contribution in [0.2, 0.25) is 0 Å². The highest BCUT2D eigenvalue weighted by Gasteiger charge is 2.21. The van der Waals surface area contributed by atoms with Crippen molar-refractivity contribution < 1.29 is 14.6 Å². The minimum Gasteiger partial charge on any atom is -0.495 e. The Hall–Kier alpha value is -4.18. The Bertz CT molecular complexity index is 1660. The molecule has 2 aromatic carbocycles. The molecule has 4 N–H and O–H groups in total. The second-order valence-electron chi connectivity index (χ2n) is 9.49. The monoisotopic (exact) mass is 555 g/mol. The van der Waals surface area contributed by atoms with E-state index >= 15 is 0 Å². The number of aliphatic hydroxyl groups excluding tert-OH is 1. The number of amides is 1. The number of thiophene rings is 1. The van der Waals surface area contributed by atoms with Gasteiger partial charge in [0.15, 0.2) is 0 Å². The molecule has 5 rings (SSSR count). The number of fused-ring (bicyclic) bond motifs is 2. The topological polar surface area (TPSA) is 108 Å². The number of hydrogen-bond acceptors (Lipinski definition) is 7. The first-order valence-electron chi connectivity index (χ1n) is 13.1. The predicted octanol–water partition coefficient (Wildman–Crippen LogP) is 5.64. The average molecular weight is 556 g/mol. The highest BCUT2D eigenvalue weighted by Crippen LogP contribution is 2.41. The van der Waals surface area contributed by atoms with Crippen LogP contribution in [0.15, 0.2) is 66.2 Å². The summed E-state index contributed by atoms with van der Waals surface area (Å²) in [6.07, 6.45) is 5.94. The quantitative estimate of drug-likeness (QED) is 0.206. The summed E-state index contributed by atoms with van der Waals surface area (Å²) in [5.41, 5.74) is 11.3. The van der Waals surface area contributed by atoms with Crippen molar-refractivity contribution in [2.24, 2.45) is 0 Å². The van der Waals surface area contributed by atoms with Gasteiger partial charge in [0.1, 0.15) is 17.3 Å². The lowest BCUT2D eigenvalue weighted by Crippen LogP contribution is -2.26. The molecule has 9 heteroatoms. The number of nitrogens with zero attached hydrogens (tertiary/aromatic N) is 3.